The van der Waals surface area contributed by atoms with Gasteiger partial charge in [-0.3, -0.25) is 4.79 Å². The van der Waals surface area contributed by atoms with Gasteiger partial charge in [0, 0.05) is 34.7 Å². The van der Waals surface area contributed by atoms with Crippen molar-refractivity contribution in [2.24, 2.45) is 4.99 Å². The highest BCUT2D eigenvalue weighted by Gasteiger charge is 2.06. The lowest BCUT2D eigenvalue weighted by Crippen LogP contribution is -2.43. The first-order valence-electron chi connectivity index (χ1n) is 7.79. The van der Waals surface area contributed by atoms with Crippen LogP contribution in [0.5, 0.6) is 0 Å². The normalized spacial score (nSPS) is 11.0. The van der Waals surface area contributed by atoms with E-state index in [-0.39, 0.29) is 12.5 Å². The van der Waals surface area contributed by atoms with Gasteiger partial charge in [-0.2, -0.15) is 0 Å². The van der Waals surface area contributed by atoms with Crippen molar-refractivity contribution in [1.82, 2.24) is 20.5 Å². The van der Waals surface area contributed by atoms with E-state index < -0.39 is 0 Å². The van der Waals surface area contributed by atoms with Crippen molar-refractivity contribution < 1.29 is 4.79 Å². The number of carbonyl (C=O) groups excluding carboxylic acids is 1. The summed E-state index contributed by atoms with van der Waals surface area (Å²) in [6.45, 7) is 6.98. The number of amides is 1. The number of nitrogens with one attached hydrogen (secondary N) is 2. The summed E-state index contributed by atoms with van der Waals surface area (Å²) in [4.78, 5) is 24.2. The van der Waals surface area contributed by atoms with Gasteiger partial charge in [0.05, 0.1) is 18.8 Å². The molecule has 0 aliphatic rings. The Morgan fingerprint density at radius 1 is 1.21 bits per heavy atom. The van der Waals surface area contributed by atoms with Gasteiger partial charge in [-0.25, -0.2) is 9.98 Å². The molecule has 24 heavy (non-hydrogen) atoms. The van der Waals surface area contributed by atoms with Crippen LogP contribution in [0.1, 0.15) is 12.6 Å². The molecule has 0 aromatic carbocycles. The second kappa shape index (κ2) is 9.54. The smallest absolute Gasteiger partial charge is 0.241 e. The summed E-state index contributed by atoms with van der Waals surface area (Å²) in [7, 11) is 7.34. The molecule has 7 heteroatoms. The Bertz CT molecular complexity index is 594. The van der Waals surface area contributed by atoms with Crippen LogP contribution in [-0.2, 0) is 11.3 Å². The van der Waals surface area contributed by atoms with Gasteiger partial charge in [0.2, 0.25) is 5.91 Å². The minimum absolute atomic E-state index is 0.0208. The Balaban J connectivity index is 2.77. The van der Waals surface area contributed by atoms with Crippen molar-refractivity contribution in [1.29, 1.82) is 0 Å². The molecule has 1 aromatic rings. The monoisotopic (exact) mass is 332 g/mol. The molecular formula is C17H28N6O. The second-order valence-corrected chi connectivity index (χ2v) is 6.00. The first kappa shape index (κ1) is 19.5. The van der Waals surface area contributed by atoms with Gasteiger partial charge < -0.3 is 20.4 Å². The number of carbonyl (C=O) groups is 1. The number of guanidine groups is 1. The molecule has 1 amide bonds. The minimum Gasteiger partial charge on any atom is -0.363 e. The number of likely N-dealkylation sites (N-methyl/N-ethyl adjacent to an activating group) is 1. The molecule has 0 aliphatic heterocycles. The van der Waals surface area contributed by atoms with Crippen LogP contribution in [0.2, 0.25) is 0 Å². The molecule has 0 saturated heterocycles. The topological polar surface area (TPSA) is 72.9 Å². The molecule has 0 radical (unpaired) electrons. The second-order valence-electron chi connectivity index (χ2n) is 6.00. The maximum atomic E-state index is 11.7. The number of pyridine rings is 1. The maximum absolute atomic E-state index is 11.7. The Morgan fingerprint density at radius 3 is 2.46 bits per heavy atom. The summed E-state index contributed by atoms with van der Waals surface area (Å²) in [5.41, 5.74) is 1.84. The molecule has 1 rings (SSSR count). The summed E-state index contributed by atoms with van der Waals surface area (Å²) in [6, 6.07) is 5.83. The zero-order valence-electron chi connectivity index (χ0n) is 15.3. The molecule has 2 N–H and O–H groups in total. The average molecular weight is 332 g/mol. The van der Waals surface area contributed by atoms with Crippen molar-refractivity contribution in [3.63, 3.8) is 0 Å². The van der Waals surface area contributed by atoms with E-state index in [1.165, 1.54) is 4.90 Å². The number of nitrogens with zero attached hydrogens (tertiary/aromatic N) is 4. The zero-order chi connectivity index (χ0) is 18.1. The lowest BCUT2D eigenvalue weighted by atomic mass is 10.3. The molecule has 0 fully saturated rings. The number of anilines is 1. The van der Waals surface area contributed by atoms with E-state index in [1.807, 2.05) is 44.1 Å². The van der Waals surface area contributed by atoms with Crippen LogP contribution in [0, 0.1) is 0 Å². The van der Waals surface area contributed by atoms with Crippen LogP contribution in [0.4, 0.5) is 5.82 Å². The highest BCUT2D eigenvalue weighted by Crippen LogP contribution is 2.08. The molecule has 132 valence electrons. The molecule has 0 unspecified atom stereocenters. The van der Waals surface area contributed by atoms with Crippen LogP contribution in [0.15, 0.2) is 35.3 Å². The largest absolute Gasteiger partial charge is 0.363 e. The number of aliphatic imine (C=N–C) groups is 1. The van der Waals surface area contributed by atoms with E-state index >= 15 is 0 Å². The van der Waals surface area contributed by atoms with Crippen molar-refractivity contribution in [2.45, 2.75) is 13.5 Å². The Hall–Kier alpha value is -2.57. The van der Waals surface area contributed by atoms with Crippen LogP contribution < -0.4 is 15.5 Å². The highest BCUT2D eigenvalue weighted by molar-refractivity contribution is 5.86. The number of hydrogen-bond acceptors (Lipinski definition) is 4. The van der Waals surface area contributed by atoms with Gasteiger partial charge in [-0.15, -0.1) is 0 Å². The van der Waals surface area contributed by atoms with E-state index in [0.29, 0.717) is 19.0 Å². The molecule has 0 aliphatic carbocycles. The third-order valence-electron chi connectivity index (χ3n) is 3.11. The molecule has 1 heterocycles. The van der Waals surface area contributed by atoms with Crippen LogP contribution in [0.25, 0.3) is 0 Å². The predicted molar refractivity (Wildman–Crippen MR) is 99.2 cm³/mol. The third-order valence-corrected chi connectivity index (χ3v) is 3.11. The summed E-state index contributed by atoms with van der Waals surface area (Å²) < 4.78 is 0. The predicted octanol–water partition coefficient (Wildman–Crippen LogP) is 0.847. The average Bonchev–Trinajstić information content (AvgIpc) is 2.53. The summed E-state index contributed by atoms with van der Waals surface area (Å²) in [5.74, 6) is 1.42. The van der Waals surface area contributed by atoms with Crippen LogP contribution in [-0.4, -0.2) is 63.0 Å². The quantitative estimate of drug-likeness (QED) is 0.440. The lowest BCUT2D eigenvalue weighted by Gasteiger charge is -2.15. The first-order valence-corrected chi connectivity index (χ1v) is 7.79. The Morgan fingerprint density at radius 2 is 1.88 bits per heavy atom. The van der Waals surface area contributed by atoms with Crippen molar-refractivity contribution in [3.05, 3.63) is 36.0 Å². The van der Waals surface area contributed by atoms with Gasteiger partial charge in [-0.1, -0.05) is 18.2 Å². The van der Waals surface area contributed by atoms with Gasteiger partial charge in [0.1, 0.15) is 5.82 Å². The number of rotatable bonds is 7. The molecule has 7 nitrogen and oxygen atoms in total. The SMILES string of the molecule is C=C(C)CNC(=NCc1cccc(N(C)C)n1)NCC(=O)N(C)C. The van der Waals surface area contributed by atoms with Gasteiger partial charge in [0.25, 0.3) is 0 Å². The lowest BCUT2D eigenvalue weighted by molar-refractivity contribution is -0.127. The van der Waals surface area contributed by atoms with Gasteiger partial charge >= 0.3 is 0 Å². The summed E-state index contributed by atoms with van der Waals surface area (Å²) in [6.07, 6.45) is 0. The maximum Gasteiger partial charge on any atom is 0.241 e. The van der Waals surface area contributed by atoms with E-state index in [2.05, 4.69) is 27.2 Å². The Kier molecular flexibility index (Phi) is 7.74. The molecule has 0 saturated carbocycles. The molecule has 0 spiro atoms. The first-order chi connectivity index (χ1) is 11.3. The summed E-state index contributed by atoms with van der Waals surface area (Å²) in [5, 5.41) is 6.18. The zero-order valence-corrected chi connectivity index (χ0v) is 15.3. The van der Waals surface area contributed by atoms with E-state index in [0.717, 1.165) is 17.1 Å². The van der Waals surface area contributed by atoms with E-state index in [1.54, 1.807) is 14.1 Å². The number of hydrogen-bond donors (Lipinski definition) is 2. The van der Waals surface area contributed by atoms with Crippen molar-refractivity contribution in [3.8, 4) is 0 Å². The third kappa shape index (κ3) is 7.13. The number of aromatic nitrogens is 1. The summed E-state index contributed by atoms with van der Waals surface area (Å²) >= 11 is 0. The van der Waals surface area contributed by atoms with Crippen molar-refractivity contribution in [2.75, 3.05) is 46.2 Å². The molecule has 0 bridgehead atoms. The molecular weight excluding hydrogens is 304 g/mol. The van der Waals surface area contributed by atoms with Crippen molar-refractivity contribution >= 4 is 17.7 Å². The molecule has 0 atom stereocenters. The Labute approximate surface area is 144 Å². The van der Waals surface area contributed by atoms with Gasteiger partial charge in [-0.05, 0) is 19.1 Å². The fourth-order valence-corrected chi connectivity index (χ4v) is 1.69. The van der Waals surface area contributed by atoms with Gasteiger partial charge in [0.15, 0.2) is 5.96 Å². The standard InChI is InChI=1S/C17H28N6O/c1-13(2)10-18-17(20-12-16(24)23(5)6)19-11-14-8-7-9-15(21-14)22(3)4/h7-9H,1,10-12H2,2-6H3,(H2,18,19,20). The molecule has 1 aromatic heterocycles. The highest BCUT2D eigenvalue weighted by atomic mass is 16.2. The van der Waals surface area contributed by atoms with Crippen LogP contribution in [0.3, 0.4) is 0 Å². The van der Waals surface area contributed by atoms with E-state index in [4.69, 9.17) is 0 Å². The van der Waals surface area contributed by atoms with E-state index in [9.17, 15) is 4.79 Å². The minimum atomic E-state index is -0.0208. The van der Waals surface area contributed by atoms with Crippen LogP contribution >= 0.6 is 0 Å². The fourth-order valence-electron chi connectivity index (χ4n) is 1.69. The fraction of sp³-hybridized carbons (Fsp3) is 0.471.